The van der Waals surface area contributed by atoms with Crippen LogP contribution in [0.1, 0.15) is 17.3 Å². The monoisotopic (exact) mass is 320 g/mol. The first-order valence-corrected chi connectivity index (χ1v) is 5.83. The Morgan fingerprint density at radius 3 is 2.22 bits per heavy atom. The lowest BCUT2D eigenvalue weighted by molar-refractivity contribution is -0.122. The molecule has 0 aliphatic rings. The fourth-order valence-electron chi connectivity index (χ4n) is 1.31. The average molecular weight is 321 g/mol. The highest BCUT2D eigenvalue weighted by Gasteiger charge is 2.21. The molecule has 0 saturated heterocycles. The minimum atomic E-state index is -0.997. The molecule has 1 aromatic rings. The molecule has 0 spiro atoms. The highest BCUT2D eigenvalue weighted by molar-refractivity contribution is 9.10. The maximum Gasteiger partial charge on any atom is 0.257 e. The van der Waals surface area contributed by atoms with Gasteiger partial charge in [0, 0.05) is 11.5 Å². The Morgan fingerprint density at radius 2 is 1.78 bits per heavy atom. The quantitative estimate of drug-likeness (QED) is 0.888. The van der Waals surface area contributed by atoms with Crippen LogP contribution in [-0.2, 0) is 4.79 Å². The number of halogens is 3. The second-order valence-corrected chi connectivity index (χ2v) is 4.47. The number of hydrogen-bond acceptors (Lipinski definition) is 2. The van der Waals surface area contributed by atoms with E-state index in [-0.39, 0.29) is 4.47 Å². The van der Waals surface area contributed by atoms with Gasteiger partial charge in [-0.05, 0) is 19.1 Å². The highest BCUT2D eigenvalue weighted by atomic mass is 79.9. The van der Waals surface area contributed by atoms with E-state index in [2.05, 4.69) is 26.6 Å². The molecule has 2 amide bonds. The molecule has 98 valence electrons. The van der Waals surface area contributed by atoms with Gasteiger partial charge in [0.1, 0.15) is 23.2 Å². The summed E-state index contributed by atoms with van der Waals surface area (Å²) < 4.78 is 27.1. The zero-order chi connectivity index (χ0) is 13.9. The molecule has 0 radical (unpaired) electrons. The zero-order valence-corrected chi connectivity index (χ0v) is 11.3. The van der Waals surface area contributed by atoms with Gasteiger partial charge in [0.2, 0.25) is 5.91 Å². The van der Waals surface area contributed by atoms with Crippen LogP contribution in [-0.4, -0.2) is 24.9 Å². The van der Waals surface area contributed by atoms with Crippen molar-refractivity contribution in [3.8, 4) is 0 Å². The first-order chi connectivity index (χ1) is 8.36. The molecule has 0 fully saturated rings. The third-order valence-corrected chi connectivity index (χ3v) is 2.68. The predicted octanol–water partition coefficient (Wildman–Crippen LogP) is 1.59. The van der Waals surface area contributed by atoms with Gasteiger partial charge in [-0.2, -0.15) is 0 Å². The maximum atomic E-state index is 13.5. The third kappa shape index (κ3) is 3.25. The van der Waals surface area contributed by atoms with Crippen molar-refractivity contribution in [2.24, 2.45) is 0 Å². The summed E-state index contributed by atoms with van der Waals surface area (Å²) in [6, 6.07) is 1.07. The smallest absolute Gasteiger partial charge is 0.257 e. The van der Waals surface area contributed by atoms with Gasteiger partial charge in [0.25, 0.3) is 5.91 Å². The van der Waals surface area contributed by atoms with Crippen molar-refractivity contribution in [1.29, 1.82) is 0 Å². The summed E-state index contributed by atoms with van der Waals surface area (Å²) in [4.78, 5) is 22.8. The van der Waals surface area contributed by atoms with Crippen LogP contribution in [0.15, 0.2) is 16.6 Å². The summed E-state index contributed by atoms with van der Waals surface area (Å²) in [6.07, 6.45) is 0. The standard InChI is InChI=1S/C11H11BrF2N2O2/c1-5(10(17)15-2)16-11(18)9-7(13)3-6(12)4-8(9)14/h3-5H,1-2H3,(H,15,17)(H,16,18). The van der Waals surface area contributed by atoms with Crippen LogP contribution < -0.4 is 10.6 Å². The van der Waals surface area contributed by atoms with Crippen molar-refractivity contribution >= 4 is 27.7 Å². The highest BCUT2D eigenvalue weighted by Crippen LogP contribution is 2.19. The molecule has 1 unspecified atom stereocenters. The maximum absolute atomic E-state index is 13.5. The third-order valence-electron chi connectivity index (χ3n) is 2.22. The van der Waals surface area contributed by atoms with Crippen LogP contribution in [0.5, 0.6) is 0 Å². The molecular formula is C11H11BrF2N2O2. The summed E-state index contributed by atoms with van der Waals surface area (Å²) in [5.74, 6) is -3.43. The van der Waals surface area contributed by atoms with Crippen LogP contribution in [0.2, 0.25) is 0 Å². The molecule has 1 aromatic carbocycles. The van der Waals surface area contributed by atoms with Crippen molar-refractivity contribution in [3.05, 3.63) is 33.8 Å². The molecule has 0 heterocycles. The van der Waals surface area contributed by atoms with E-state index >= 15 is 0 Å². The molecule has 2 N–H and O–H groups in total. The van der Waals surface area contributed by atoms with Crippen molar-refractivity contribution in [2.45, 2.75) is 13.0 Å². The number of carbonyl (C=O) groups excluding carboxylic acids is 2. The minimum Gasteiger partial charge on any atom is -0.357 e. The van der Waals surface area contributed by atoms with Gasteiger partial charge < -0.3 is 10.6 Å². The average Bonchev–Trinajstić information content (AvgIpc) is 2.26. The molecule has 1 rings (SSSR count). The Bertz CT molecular complexity index is 471. The van der Waals surface area contributed by atoms with Crippen LogP contribution in [0, 0.1) is 11.6 Å². The topological polar surface area (TPSA) is 58.2 Å². The van der Waals surface area contributed by atoms with Gasteiger partial charge >= 0.3 is 0 Å². The molecule has 0 bridgehead atoms. The van der Waals surface area contributed by atoms with E-state index in [4.69, 9.17) is 0 Å². The second-order valence-electron chi connectivity index (χ2n) is 3.55. The van der Waals surface area contributed by atoms with E-state index in [1.165, 1.54) is 14.0 Å². The zero-order valence-electron chi connectivity index (χ0n) is 9.68. The van der Waals surface area contributed by atoms with Crippen molar-refractivity contribution in [3.63, 3.8) is 0 Å². The van der Waals surface area contributed by atoms with E-state index < -0.39 is 35.1 Å². The van der Waals surface area contributed by atoms with Gasteiger partial charge in [-0.1, -0.05) is 15.9 Å². The fourth-order valence-corrected chi connectivity index (χ4v) is 1.71. The second kappa shape index (κ2) is 5.90. The lowest BCUT2D eigenvalue weighted by Crippen LogP contribution is -2.44. The predicted molar refractivity (Wildman–Crippen MR) is 65.1 cm³/mol. The number of hydrogen-bond donors (Lipinski definition) is 2. The SMILES string of the molecule is CNC(=O)C(C)NC(=O)c1c(F)cc(Br)cc1F. The van der Waals surface area contributed by atoms with Gasteiger partial charge in [-0.25, -0.2) is 8.78 Å². The molecule has 1 atom stereocenters. The molecule has 0 saturated carbocycles. The number of amides is 2. The Hall–Kier alpha value is -1.50. The van der Waals surface area contributed by atoms with E-state index in [1.807, 2.05) is 0 Å². The normalized spacial score (nSPS) is 11.8. The van der Waals surface area contributed by atoms with E-state index in [1.54, 1.807) is 0 Å². The van der Waals surface area contributed by atoms with Gasteiger partial charge in [0.15, 0.2) is 0 Å². The van der Waals surface area contributed by atoms with Crippen molar-refractivity contribution in [1.82, 2.24) is 10.6 Å². The van der Waals surface area contributed by atoms with Crippen LogP contribution >= 0.6 is 15.9 Å². The largest absolute Gasteiger partial charge is 0.357 e. The van der Waals surface area contributed by atoms with Crippen LogP contribution in [0.3, 0.4) is 0 Å². The lowest BCUT2D eigenvalue weighted by atomic mass is 10.1. The Balaban J connectivity index is 2.95. The lowest BCUT2D eigenvalue weighted by Gasteiger charge is -2.13. The molecule has 7 heteroatoms. The van der Waals surface area contributed by atoms with Gasteiger partial charge in [0.05, 0.1) is 0 Å². The number of nitrogens with one attached hydrogen (secondary N) is 2. The summed E-state index contributed by atoms with van der Waals surface area (Å²) in [5.41, 5.74) is -0.714. The Morgan fingerprint density at radius 1 is 1.28 bits per heavy atom. The number of carbonyl (C=O) groups is 2. The summed E-state index contributed by atoms with van der Waals surface area (Å²) in [7, 11) is 1.39. The number of rotatable bonds is 3. The van der Waals surface area contributed by atoms with Crippen LogP contribution in [0.25, 0.3) is 0 Å². The van der Waals surface area contributed by atoms with Gasteiger partial charge in [-0.15, -0.1) is 0 Å². The van der Waals surface area contributed by atoms with Gasteiger partial charge in [-0.3, -0.25) is 9.59 Å². The minimum absolute atomic E-state index is 0.188. The summed E-state index contributed by atoms with van der Waals surface area (Å²) >= 11 is 2.91. The molecule has 18 heavy (non-hydrogen) atoms. The Labute approximate surface area is 111 Å². The van der Waals surface area contributed by atoms with E-state index in [0.29, 0.717) is 0 Å². The van der Waals surface area contributed by atoms with Crippen molar-refractivity contribution in [2.75, 3.05) is 7.05 Å². The molecule has 4 nitrogen and oxygen atoms in total. The number of benzene rings is 1. The van der Waals surface area contributed by atoms with Crippen LogP contribution in [0.4, 0.5) is 8.78 Å². The molecular weight excluding hydrogens is 310 g/mol. The van der Waals surface area contributed by atoms with E-state index in [0.717, 1.165) is 12.1 Å². The van der Waals surface area contributed by atoms with E-state index in [9.17, 15) is 18.4 Å². The van der Waals surface area contributed by atoms with Crippen molar-refractivity contribution < 1.29 is 18.4 Å². The molecule has 0 aliphatic heterocycles. The first kappa shape index (κ1) is 14.6. The Kier molecular flexibility index (Phi) is 4.77. The summed E-state index contributed by atoms with van der Waals surface area (Å²) in [5, 5.41) is 4.51. The first-order valence-electron chi connectivity index (χ1n) is 5.03. The molecule has 0 aromatic heterocycles. The number of likely N-dealkylation sites (N-methyl/N-ethyl adjacent to an activating group) is 1. The molecule has 0 aliphatic carbocycles. The summed E-state index contributed by atoms with van der Waals surface area (Å²) in [6.45, 7) is 1.41. The fraction of sp³-hybridized carbons (Fsp3) is 0.273.